The van der Waals surface area contributed by atoms with Crippen molar-refractivity contribution >= 4 is 0 Å². The van der Waals surface area contributed by atoms with Gasteiger partial charge in [-0.2, -0.15) is 0 Å². The molecule has 0 amide bonds. The molecule has 0 radical (unpaired) electrons. The van der Waals surface area contributed by atoms with E-state index in [0.717, 1.165) is 12.1 Å². The van der Waals surface area contributed by atoms with E-state index in [1.54, 1.807) is 4.90 Å². The van der Waals surface area contributed by atoms with Gasteiger partial charge in [0.15, 0.2) is 6.67 Å². The number of nitrogens with zero attached hydrogens (tertiary/aromatic N) is 1. The summed E-state index contributed by atoms with van der Waals surface area (Å²) in [6.07, 6.45) is 19.4. The molecule has 3 aliphatic rings. The number of rotatable bonds is 2. The van der Waals surface area contributed by atoms with Crippen molar-refractivity contribution in [2.75, 3.05) is 6.67 Å². The monoisotopic (exact) mass is 270 g/mol. The van der Waals surface area contributed by atoms with Crippen LogP contribution in [0.1, 0.15) is 64.2 Å². The van der Waals surface area contributed by atoms with Gasteiger partial charge in [-0.3, -0.25) is 4.90 Å². The average Bonchev–Trinajstić information content (AvgIpc) is 2.90. The van der Waals surface area contributed by atoms with Crippen molar-refractivity contribution in [2.24, 2.45) is 0 Å². The summed E-state index contributed by atoms with van der Waals surface area (Å²) in [6.45, 7) is 1.26. The van der Waals surface area contributed by atoms with Gasteiger partial charge >= 0.3 is 0 Å². The van der Waals surface area contributed by atoms with Crippen LogP contribution in [0.15, 0.2) is 12.4 Å². The summed E-state index contributed by atoms with van der Waals surface area (Å²) in [5.74, 6) is 0. The molecule has 0 aromatic carbocycles. The van der Waals surface area contributed by atoms with Crippen LogP contribution in [0.5, 0.6) is 0 Å². The number of halogens is 1. The Hall–Kier alpha value is -0.210. The molecule has 1 N–H and O–H groups in total. The Morgan fingerprint density at radius 2 is 1.44 bits per heavy atom. The van der Waals surface area contributed by atoms with Crippen LogP contribution in [0.4, 0.5) is 0 Å². The second-order valence-corrected chi connectivity index (χ2v) is 6.19. The molecule has 2 nitrogen and oxygen atoms in total. The smallest absolute Gasteiger partial charge is 0.157 e. The van der Waals surface area contributed by atoms with Crippen molar-refractivity contribution in [3.05, 3.63) is 12.4 Å². The van der Waals surface area contributed by atoms with Gasteiger partial charge in [-0.1, -0.05) is 25.7 Å². The van der Waals surface area contributed by atoms with Crippen LogP contribution in [0, 0.1) is 0 Å². The first-order valence-electron chi connectivity index (χ1n) is 7.73. The largest absolute Gasteiger partial charge is 1.00 e. The van der Waals surface area contributed by atoms with Gasteiger partial charge in [0, 0.05) is 6.04 Å². The molecule has 0 aromatic heterocycles. The van der Waals surface area contributed by atoms with Crippen LogP contribution in [-0.4, -0.2) is 23.7 Å². The highest BCUT2D eigenvalue weighted by atomic mass is 35.5. The number of hydrogen-bond donors (Lipinski definition) is 1. The number of quaternary nitrogens is 1. The molecule has 2 fully saturated rings. The van der Waals surface area contributed by atoms with Crippen LogP contribution in [0.3, 0.4) is 0 Å². The topological polar surface area (TPSA) is 7.68 Å². The molecular weight excluding hydrogens is 244 g/mol. The summed E-state index contributed by atoms with van der Waals surface area (Å²) in [4.78, 5) is 4.39. The van der Waals surface area contributed by atoms with E-state index < -0.39 is 0 Å². The summed E-state index contributed by atoms with van der Waals surface area (Å²) in [7, 11) is 0. The van der Waals surface area contributed by atoms with Crippen LogP contribution >= 0.6 is 0 Å². The lowest BCUT2D eigenvalue weighted by Crippen LogP contribution is -3.11. The van der Waals surface area contributed by atoms with Crippen molar-refractivity contribution in [3.63, 3.8) is 0 Å². The fourth-order valence-electron chi connectivity index (χ4n) is 3.91. The van der Waals surface area contributed by atoms with Crippen molar-refractivity contribution in [1.82, 2.24) is 4.90 Å². The zero-order valence-corrected chi connectivity index (χ0v) is 12.2. The molecular formula is C15H27ClN2. The third-order valence-corrected chi connectivity index (χ3v) is 5.02. The summed E-state index contributed by atoms with van der Waals surface area (Å²) in [5.41, 5.74) is 0. The molecule has 0 saturated heterocycles. The average molecular weight is 271 g/mol. The molecule has 104 valence electrons. The van der Waals surface area contributed by atoms with Gasteiger partial charge in [0.25, 0.3) is 0 Å². The van der Waals surface area contributed by atoms with Gasteiger partial charge in [0.2, 0.25) is 0 Å². The summed E-state index contributed by atoms with van der Waals surface area (Å²) >= 11 is 0. The predicted octanol–water partition coefficient (Wildman–Crippen LogP) is -0.715. The quantitative estimate of drug-likeness (QED) is 0.696. The zero-order chi connectivity index (χ0) is 11.5. The van der Waals surface area contributed by atoms with E-state index in [1.807, 2.05) is 0 Å². The highest BCUT2D eigenvalue weighted by Gasteiger charge is 2.30. The van der Waals surface area contributed by atoms with Gasteiger partial charge in [-0.05, 0) is 38.5 Å². The van der Waals surface area contributed by atoms with Crippen molar-refractivity contribution in [2.45, 2.75) is 76.3 Å². The molecule has 18 heavy (non-hydrogen) atoms. The molecule has 2 saturated carbocycles. The third-order valence-electron chi connectivity index (χ3n) is 5.02. The molecule has 3 heteroatoms. The Labute approximate surface area is 118 Å². The Kier molecular flexibility index (Phi) is 5.38. The molecule has 3 rings (SSSR count). The van der Waals surface area contributed by atoms with E-state index in [4.69, 9.17) is 0 Å². The van der Waals surface area contributed by atoms with Gasteiger partial charge in [0.1, 0.15) is 6.20 Å². The highest BCUT2D eigenvalue weighted by molar-refractivity contribution is 4.87. The Morgan fingerprint density at radius 1 is 0.833 bits per heavy atom. The fraction of sp³-hybridized carbons (Fsp3) is 0.867. The maximum Gasteiger partial charge on any atom is 0.157 e. The van der Waals surface area contributed by atoms with E-state index in [-0.39, 0.29) is 12.4 Å². The van der Waals surface area contributed by atoms with Crippen molar-refractivity contribution < 1.29 is 17.3 Å². The molecule has 1 unspecified atom stereocenters. The molecule has 0 bridgehead atoms. The molecule has 0 spiro atoms. The normalized spacial score (nSPS) is 30.4. The Morgan fingerprint density at radius 3 is 2.11 bits per heavy atom. The van der Waals surface area contributed by atoms with Gasteiger partial charge in [0.05, 0.1) is 12.2 Å². The first-order chi connectivity index (χ1) is 8.43. The van der Waals surface area contributed by atoms with Crippen LogP contribution < -0.4 is 17.3 Å². The van der Waals surface area contributed by atoms with Gasteiger partial charge in [-0.25, -0.2) is 0 Å². The van der Waals surface area contributed by atoms with E-state index in [2.05, 4.69) is 17.3 Å². The standard InChI is InChI=1S/C15H26N2.ClH/c1-3-7-14(8-4-1)16-11-12-17(13-16)15-9-5-2-6-10-15;/h11-12,14-15H,1-10,13H2;1H. The summed E-state index contributed by atoms with van der Waals surface area (Å²) < 4.78 is 0. The maximum absolute atomic E-state index is 2.64. The lowest BCUT2D eigenvalue weighted by atomic mass is 9.94. The first-order valence-corrected chi connectivity index (χ1v) is 7.73. The van der Waals surface area contributed by atoms with Crippen LogP contribution in [0.2, 0.25) is 0 Å². The van der Waals surface area contributed by atoms with Crippen molar-refractivity contribution in [3.8, 4) is 0 Å². The highest BCUT2D eigenvalue weighted by Crippen LogP contribution is 2.23. The minimum absolute atomic E-state index is 0. The van der Waals surface area contributed by atoms with Crippen molar-refractivity contribution in [1.29, 1.82) is 0 Å². The summed E-state index contributed by atoms with van der Waals surface area (Å²) in [6, 6.07) is 1.79. The van der Waals surface area contributed by atoms with Crippen LogP contribution in [-0.2, 0) is 0 Å². The second-order valence-electron chi connectivity index (χ2n) is 6.19. The lowest BCUT2D eigenvalue weighted by Gasteiger charge is -2.32. The fourth-order valence-corrected chi connectivity index (χ4v) is 3.91. The molecule has 2 aliphatic carbocycles. The minimum atomic E-state index is 0. The molecule has 1 atom stereocenters. The number of nitrogens with one attached hydrogen (secondary N) is 1. The Bertz CT molecular complexity index is 242. The van der Waals surface area contributed by atoms with E-state index in [0.29, 0.717) is 0 Å². The molecule has 1 aliphatic heterocycles. The second kappa shape index (κ2) is 6.81. The molecule has 1 heterocycles. The van der Waals surface area contributed by atoms with Crippen LogP contribution in [0.25, 0.3) is 0 Å². The van der Waals surface area contributed by atoms with E-state index in [9.17, 15) is 0 Å². The zero-order valence-electron chi connectivity index (χ0n) is 11.4. The third kappa shape index (κ3) is 3.21. The Balaban J connectivity index is 0.00000120. The molecule has 0 aromatic rings. The summed E-state index contributed by atoms with van der Waals surface area (Å²) in [5, 5.41) is 0. The maximum atomic E-state index is 2.64. The van der Waals surface area contributed by atoms with E-state index >= 15 is 0 Å². The predicted molar refractivity (Wildman–Crippen MR) is 70.6 cm³/mol. The van der Waals surface area contributed by atoms with Gasteiger partial charge in [-0.15, -0.1) is 0 Å². The lowest BCUT2D eigenvalue weighted by molar-refractivity contribution is -0.878. The van der Waals surface area contributed by atoms with E-state index in [1.165, 1.54) is 70.9 Å². The first kappa shape index (κ1) is 14.2. The number of hydrogen-bond acceptors (Lipinski definition) is 1. The van der Waals surface area contributed by atoms with Gasteiger partial charge < -0.3 is 17.3 Å². The minimum Gasteiger partial charge on any atom is -1.00 e. The SMILES string of the molecule is C1=C[NH+](C2CCCCC2)CN1C1CCCCC1.[Cl-].